The van der Waals surface area contributed by atoms with Gasteiger partial charge in [0.2, 0.25) is 11.8 Å². The van der Waals surface area contributed by atoms with Gasteiger partial charge in [-0.1, -0.05) is 26.7 Å². The van der Waals surface area contributed by atoms with Gasteiger partial charge < -0.3 is 11.1 Å². The fraction of sp³-hybridized carbons (Fsp3) is 0.875. The Kier molecular flexibility index (Phi) is 5.62. The zero-order valence-electron chi connectivity index (χ0n) is 13.3. The molecule has 1 saturated carbocycles. The summed E-state index contributed by atoms with van der Waals surface area (Å²) in [4.78, 5) is 25.5. The van der Waals surface area contributed by atoms with Crippen molar-refractivity contribution in [1.82, 2.24) is 10.2 Å². The van der Waals surface area contributed by atoms with E-state index in [1.54, 1.807) is 0 Å². The van der Waals surface area contributed by atoms with Crippen molar-refractivity contribution in [3.8, 4) is 0 Å². The number of carbonyl (C=O) groups excluding carboxylic acids is 2. The van der Waals surface area contributed by atoms with Crippen LogP contribution in [0.1, 0.15) is 46.0 Å². The zero-order chi connectivity index (χ0) is 15.4. The van der Waals surface area contributed by atoms with Gasteiger partial charge in [-0.2, -0.15) is 0 Å². The second-order valence-electron chi connectivity index (χ2n) is 6.89. The quantitative estimate of drug-likeness (QED) is 0.816. The average molecular weight is 295 g/mol. The monoisotopic (exact) mass is 295 g/mol. The summed E-state index contributed by atoms with van der Waals surface area (Å²) >= 11 is 0. The van der Waals surface area contributed by atoms with Crippen molar-refractivity contribution in [3.05, 3.63) is 0 Å². The molecule has 0 radical (unpaired) electrons. The molecule has 2 amide bonds. The van der Waals surface area contributed by atoms with Gasteiger partial charge in [-0.05, 0) is 44.2 Å². The lowest BCUT2D eigenvalue weighted by Crippen LogP contribution is -2.49. The SMILES string of the molecule is C[C@@H]1[C@H](C)CCC[C@H]1NC(=O)CN1CCC(C(N)=O)CC1. The van der Waals surface area contributed by atoms with Crippen LogP contribution in [0.15, 0.2) is 0 Å². The van der Waals surface area contributed by atoms with Gasteiger partial charge in [-0.15, -0.1) is 0 Å². The molecule has 0 aromatic heterocycles. The molecule has 21 heavy (non-hydrogen) atoms. The van der Waals surface area contributed by atoms with E-state index in [0.29, 0.717) is 24.4 Å². The number of primary amides is 1. The molecule has 3 N–H and O–H groups in total. The molecule has 5 nitrogen and oxygen atoms in total. The molecule has 2 fully saturated rings. The highest BCUT2D eigenvalue weighted by atomic mass is 16.2. The van der Waals surface area contributed by atoms with E-state index >= 15 is 0 Å². The molecule has 0 spiro atoms. The predicted octanol–water partition coefficient (Wildman–Crippen LogP) is 1.12. The number of rotatable bonds is 4. The number of amides is 2. The third-order valence-electron chi connectivity index (χ3n) is 5.41. The van der Waals surface area contributed by atoms with Gasteiger partial charge in [0.1, 0.15) is 0 Å². The maximum absolute atomic E-state index is 12.2. The maximum Gasteiger partial charge on any atom is 0.234 e. The number of likely N-dealkylation sites (tertiary alicyclic amines) is 1. The Morgan fingerprint density at radius 1 is 1.14 bits per heavy atom. The van der Waals surface area contributed by atoms with Crippen LogP contribution in [0.2, 0.25) is 0 Å². The van der Waals surface area contributed by atoms with Crippen LogP contribution in [0, 0.1) is 17.8 Å². The summed E-state index contributed by atoms with van der Waals surface area (Å²) < 4.78 is 0. The van der Waals surface area contributed by atoms with Crippen molar-refractivity contribution in [1.29, 1.82) is 0 Å². The molecule has 0 aromatic carbocycles. The third-order valence-corrected chi connectivity index (χ3v) is 5.41. The molecule has 2 rings (SSSR count). The molecule has 2 aliphatic rings. The largest absolute Gasteiger partial charge is 0.369 e. The fourth-order valence-electron chi connectivity index (χ4n) is 3.62. The fourth-order valence-corrected chi connectivity index (χ4v) is 3.62. The molecule has 1 saturated heterocycles. The van der Waals surface area contributed by atoms with E-state index in [1.165, 1.54) is 12.8 Å². The number of hydrogen-bond acceptors (Lipinski definition) is 3. The first-order valence-corrected chi connectivity index (χ1v) is 8.28. The van der Waals surface area contributed by atoms with E-state index in [-0.39, 0.29) is 17.7 Å². The number of carbonyl (C=O) groups is 2. The lowest BCUT2D eigenvalue weighted by Gasteiger charge is -2.35. The van der Waals surface area contributed by atoms with Gasteiger partial charge in [-0.25, -0.2) is 0 Å². The van der Waals surface area contributed by atoms with Crippen molar-refractivity contribution in [2.24, 2.45) is 23.5 Å². The molecule has 0 aromatic rings. The number of hydrogen-bond donors (Lipinski definition) is 2. The van der Waals surface area contributed by atoms with Gasteiger partial charge in [0.25, 0.3) is 0 Å². The summed E-state index contributed by atoms with van der Waals surface area (Å²) in [7, 11) is 0. The van der Waals surface area contributed by atoms with Crippen LogP contribution in [0.4, 0.5) is 0 Å². The first kappa shape index (κ1) is 16.3. The molecule has 0 bridgehead atoms. The lowest BCUT2D eigenvalue weighted by atomic mass is 9.78. The van der Waals surface area contributed by atoms with E-state index in [1.807, 2.05) is 0 Å². The minimum atomic E-state index is -0.205. The van der Waals surface area contributed by atoms with Crippen molar-refractivity contribution in [3.63, 3.8) is 0 Å². The van der Waals surface area contributed by atoms with Crippen LogP contribution < -0.4 is 11.1 Å². The number of nitrogens with two attached hydrogens (primary N) is 1. The van der Waals surface area contributed by atoms with Crippen LogP contribution in [0.3, 0.4) is 0 Å². The molecule has 1 heterocycles. The van der Waals surface area contributed by atoms with E-state index < -0.39 is 0 Å². The second kappa shape index (κ2) is 7.25. The minimum absolute atomic E-state index is 0.0106. The number of piperidine rings is 1. The van der Waals surface area contributed by atoms with E-state index in [9.17, 15) is 9.59 Å². The van der Waals surface area contributed by atoms with Gasteiger partial charge >= 0.3 is 0 Å². The van der Waals surface area contributed by atoms with Crippen LogP contribution in [0.5, 0.6) is 0 Å². The Hall–Kier alpha value is -1.10. The van der Waals surface area contributed by atoms with Gasteiger partial charge in [-0.3, -0.25) is 14.5 Å². The smallest absolute Gasteiger partial charge is 0.234 e. The summed E-state index contributed by atoms with van der Waals surface area (Å²) in [5, 5.41) is 3.21. The van der Waals surface area contributed by atoms with Crippen molar-refractivity contribution in [2.75, 3.05) is 19.6 Å². The second-order valence-corrected chi connectivity index (χ2v) is 6.89. The van der Waals surface area contributed by atoms with Gasteiger partial charge in [0.15, 0.2) is 0 Å². The van der Waals surface area contributed by atoms with E-state index in [4.69, 9.17) is 5.73 Å². The molecular weight excluding hydrogens is 266 g/mol. The summed E-state index contributed by atoms with van der Waals surface area (Å²) in [5.74, 6) is 1.16. The first-order chi connectivity index (χ1) is 9.97. The van der Waals surface area contributed by atoms with Crippen LogP contribution >= 0.6 is 0 Å². The van der Waals surface area contributed by atoms with Crippen LogP contribution in [0.25, 0.3) is 0 Å². The Balaban J connectivity index is 1.74. The highest BCUT2D eigenvalue weighted by Gasteiger charge is 2.29. The van der Waals surface area contributed by atoms with E-state index in [2.05, 4.69) is 24.1 Å². The average Bonchev–Trinajstić information content (AvgIpc) is 2.44. The van der Waals surface area contributed by atoms with E-state index in [0.717, 1.165) is 32.4 Å². The van der Waals surface area contributed by atoms with Crippen molar-refractivity contribution >= 4 is 11.8 Å². The molecular formula is C16H29N3O2. The minimum Gasteiger partial charge on any atom is -0.369 e. The predicted molar refractivity (Wildman–Crippen MR) is 82.5 cm³/mol. The Morgan fingerprint density at radius 2 is 1.81 bits per heavy atom. The summed E-state index contributed by atoms with van der Waals surface area (Å²) in [6.07, 6.45) is 5.13. The van der Waals surface area contributed by atoms with Crippen molar-refractivity contribution < 1.29 is 9.59 Å². The summed E-state index contributed by atoms with van der Waals surface area (Å²) in [6, 6.07) is 0.324. The molecule has 1 aliphatic carbocycles. The topological polar surface area (TPSA) is 75.4 Å². The Labute approximate surface area is 127 Å². The summed E-state index contributed by atoms with van der Waals surface area (Å²) in [5.41, 5.74) is 5.33. The molecule has 120 valence electrons. The Morgan fingerprint density at radius 3 is 2.43 bits per heavy atom. The van der Waals surface area contributed by atoms with Gasteiger partial charge in [0, 0.05) is 12.0 Å². The molecule has 5 heteroatoms. The molecule has 0 unspecified atom stereocenters. The lowest BCUT2D eigenvalue weighted by molar-refractivity contribution is -0.125. The molecule has 1 aliphatic heterocycles. The third kappa shape index (κ3) is 4.43. The highest BCUT2D eigenvalue weighted by molar-refractivity contribution is 5.79. The van der Waals surface area contributed by atoms with Crippen LogP contribution in [-0.4, -0.2) is 42.4 Å². The maximum atomic E-state index is 12.2. The van der Waals surface area contributed by atoms with Gasteiger partial charge in [0.05, 0.1) is 6.54 Å². The number of nitrogens with zero attached hydrogens (tertiary/aromatic N) is 1. The number of nitrogens with one attached hydrogen (secondary N) is 1. The highest BCUT2D eigenvalue weighted by Crippen LogP contribution is 2.29. The normalized spacial score (nSPS) is 31.8. The Bertz CT molecular complexity index is 378. The first-order valence-electron chi connectivity index (χ1n) is 8.28. The van der Waals surface area contributed by atoms with Crippen molar-refractivity contribution in [2.45, 2.75) is 52.0 Å². The zero-order valence-corrected chi connectivity index (χ0v) is 13.3. The van der Waals surface area contributed by atoms with Crippen LogP contribution in [-0.2, 0) is 9.59 Å². The standard InChI is InChI=1S/C16H29N3O2/c1-11-4-3-5-14(12(11)2)18-15(20)10-19-8-6-13(7-9-19)16(17)21/h11-14H,3-10H2,1-2H3,(H2,17,21)(H,18,20)/t11-,12-,14-/m1/s1. The molecule has 3 atom stereocenters. The summed E-state index contributed by atoms with van der Waals surface area (Å²) in [6.45, 7) is 6.54.